The zero-order valence-corrected chi connectivity index (χ0v) is 34.5. The first-order chi connectivity index (χ1) is 24.3. The molecule has 2 nitrogen and oxygen atoms in total. The average Bonchev–Trinajstić information content (AvgIpc) is 3.50. The average molecular weight is 686 g/mol. The molecule has 0 N–H and O–H groups in total. The molecule has 0 fully saturated rings. The van der Waals surface area contributed by atoms with Gasteiger partial charge in [0.15, 0.2) is 0 Å². The minimum atomic E-state index is 1.23. The van der Waals surface area contributed by atoms with Crippen LogP contribution < -0.4 is 4.57 Å². The second-order valence-electron chi connectivity index (χ2n) is 16.2. The molecule has 0 aliphatic carbocycles. The van der Waals surface area contributed by atoms with Crippen molar-refractivity contribution in [3.63, 3.8) is 0 Å². The molecule has 0 spiro atoms. The summed E-state index contributed by atoms with van der Waals surface area (Å²) < 4.78 is 5.30. The highest BCUT2D eigenvalue weighted by atomic mass is 15.1. The van der Waals surface area contributed by atoms with Gasteiger partial charge in [-0.3, -0.25) is 0 Å². The van der Waals surface area contributed by atoms with Crippen molar-refractivity contribution in [3.8, 4) is 0 Å². The van der Waals surface area contributed by atoms with Gasteiger partial charge in [-0.25, -0.2) is 9.13 Å². The Bertz CT molecular complexity index is 751. The Morgan fingerprint density at radius 2 is 0.633 bits per heavy atom. The number of hydrogen-bond acceptors (Lipinski definition) is 0. The number of aryl methyl sites for hydroxylation is 2. The van der Waals surface area contributed by atoms with Crippen LogP contribution in [0, 0.1) is 0 Å². The first-order valence-electron chi connectivity index (χ1n) is 23.4. The van der Waals surface area contributed by atoms with Crippen molar-refractivity contribution >= 4 is 0 Å². The van der Waals surface area contributed by atoms with Crippen LogP contribution in [0.5, 0.6) is 0 Å². The van der Waals surface area contributed by atoms with E-state index in [2.05, 4.69) is 42.3 Å². The second-order valence-corrected chi connectivity index (χ2v) is 16.2. The van der Waals surface area contributed by atoms with Crippen molar-refractivity contribution in [2.75, 3.05) is 0 Å². The summed E-state index contributed by atoms with van der Waals surface area (Å²) in [5.41, 5.74) is 0. The lowest BCUT2D eigenvalue weighted by Gasteiger charge is -2.07. The third-order valence-corrected chi connectivity index (χ3v) is 11.3. The van der Waals surface area contributed by atoms with Crippen molar-refractivity contribution in [1.29, 1.82) is 0 Å². The molecule has 1 aromatic rings. The van der Waals surface area contributed by atoms with E-state index in [1.165, 1.54) is 264 Å². The second kappa shape index (κ2) is 38.4. The normalized spacial score (nSPS) is 11.7. The van der Waals surface area contributed by atoms with Crippen LogP contribution in [0.3, 0.4) is 0 Å². The minimum absolute atomic E-state index is 1.23. The summed E-state index contributed by atoms with van der Waals surface area (Å²) in [5, 5.41) is 0. The van der Waals surface area contributed by atoms with Gasteiger partial charge in [-0.05, 0) is 32.1 Å². The van der Waals surface area contributed by atoms with Gasteiger partial charge in [-0.15, -0.1) is 0 Å². The first-order valence-corrected chi connectivity index (χ1v) is 23.4. The zero-order valence-electron chi connectivity index (χ0n) is 34.5. The predicted molar refractivity (Wildman–Crippen MR) is 221 cm³/mol. The quantitative estimate of drug-likeness (QED) is 0.0479. The zero-order chi connectivity index (χ0) is 35.1. The van der Waals surface area contributed by atoms with Gasteiger partial charge in [-0.2, -0.15) is 0 Å². The fourth-order valence-corrected chi connectivity index (χ4v) is 7.92. The fraction of sp³-hybridized carbons (Fsp3) is 0.936. The van der Waals surface area contributed by atoms with Gasteiger partial charge in [0.1, 0.15) is 12.4 Å². The lowest BCUT2D eigenvalue weighted by atomic mass is 10.0. The van der Waals surface area contributed by atoms with E-state index in [-0.39, 0.29) is 0 Å². The van der Waals surface area contributed by atoms with Crippen molar-refractivity contribution in [2.45, 2.75) is 284 Å². The molecule has 0 saturated carbocycles. The Labute approximate surface area is 310 Å². The standard InChI is InChI=1S/C47H93N2/c1-4-7-10-13-16-19-22-23-24-25-26-27-28-30-33-36-39-42-47-48(43-40-37-34-31-21-18-15-12-9-6-3)45-46-49(47)44-41-38-35-32-29-20-17-14-11-8-5-2/h45-46H,4-44H2,1-3H3/q+1. The highest BCUT2D eigenvalue weighted by molar-refractivity contribution is 4.84. The van der Waals surface area contributed by atoms with Gasteiger partial charge in [0.05, 0.1) is 13.1 Å². The van der Waals surface area contributed by atoms with Gasteiger partial charge < -0.3 is 0 Å². The van der Waals surface area contributed by atoms with E-state index in [4.69, 9.17) is 0 Å². The molecule has 0 atom stereocenters. The summed E-state index contributed by atoms with van der Waals surface area (Å²) in [7, 11) is 0. The topological polar surface area (TPSA) is 8.81 Å². The smallest absolute Gasteiger partial charge is 0.234 e. The van der Waals surface area contributed by atoms with Crippen molar-refractivity contribution < 1.29 is 4.57 Å². The van der Waals surface area contributed by atoms with E-state index in [9.17, 15) is 0 Å². The number of unbranched alkanes of at least 4 members (excludes halogenated alkanes) is 35. The van der Waals surface area contributed by atoms with Crippen molar-refractivity contribution in [2.24, 2.45) is 0 Å². The summed E-state index contributed by atoms with van der Waals surface area (Å²) >= 11 is 0. The van der Waals surface area contributed by atoms with E-state index in [0.29, 0.717) is 0 Å². The Balaban J connectivity index is 2.24. The van der Waals surface area contributed by atoms with Gasteiger partial charge in [0, 0.05) is 6.42 Å². The van der Waals surface area contributed by atoms with Gasteiger partial charge >= 0.3 is 0 Å². The number of rotatable bonds is 41. The molecule has 0 radical (unpaired) electrons. The Hall–Kier alpha value is -0.790. The highest BCUT2D eigenvalue weighted by Gasteiger charge is 2.16. The Kier molecular flexibility index (Phi) is 36.3. The van der Waals surface area contributed by atoms with E-state index in [0.717, 1.165) is 0 Å². The van der Waals surface area contributed by atoms with Crippen molar-refractivity contribution in [1.82, 2.24) is 4.57 Å². The van der Waals surface area contributed by atoms with Crippen LogP contribution in [-0.2, 0) is 19.5 Å². The lowest BCUT2D eigenvalue weighted by molar-refractivity contribution is -0.704. The summed E-state index contributed by atoms with van der Waals surface area (Å²) in [4.78, 5) is 0. The molecule has 0 bridgehead atoms. The maximum atomic E-state index is 2.65. The SMILES string of the molecule is CCCCCCCCCCCCCCCCCCCc1n(CCCCCCCCCCCC)cc[n+]1CCCCCCCCCCCCC. The summed E-state index contributed by atoms with van der Waals surface area (Å²) in [6.07, 6.45) is 60.8. The molecular weight excluding hydrogens is 593 g/mol. The Morgan fingerprint density at radius 3 is 0.980 bits per heavy atom. The molecule has 0 aromatic carbocycles. The maximum absolute atomic E-state index is 2.65. The third kappa shape index (κ3) is 30.5. The molecule has 49 heavy (non-hydrogen) atoms. The fourth-order valence-electron chi connectivity index (χ4n) is 7.92. The number of nitrogens with zero attached hydrogens (tertiary/aromatic N) is 2. The molecule has 0 aliphatic heterocycles. The van der Waals surface area contributed by atoms with Crippen LogP contribution in [0.15, 0.2) is 12.4 Å². The molecule has 0 unspecified atom stereocenters. The van der Waals surface area contributed by atoms with Crippen LogP contribution in [0.2, 0.25) is 0 Å². The summed E-state index contributed by atoms with van der Waals surface area (Å²) in [6, 6.07) is 0. The number of imidazole rings is 1. The van der Waals surface area contributed by atoms with E-state index in [1.54, 1.807) is 5.82 Å². The monoisotopic (exact) mass is 686 g/mol. The van der Waals surface area contributed by atoms with Crippen LogP contribution in [0.1, 0.15) is 271 Å². The molecule has 0 saturated heterocycles. The molecule has 290 valence electrons. The van der Waals surface area contributed by atoms with E-state index < -0.39 is 0 Å². The van der Waals surface area contributed by atoms with E-state index in [1.807, 2.05) is 0 Å². The minimum Gasteiger partial charge on any atom is -0.234 e. The molecule has 1 heterocycles. The number of aromatic nitrogens is 2. The maximum Gasteiger partial charge on any atom is 0.256 e. The lowest BCUT2D eigenvalue weighted by Crippen LogP contribution is -2.37. The molecule has 1 rings (SSSR count). The highest BCUT2D eigenvalue weighted by Crippen LogP contribution is 2.16. The molecule has 0 aliphatic rings. The van der Waals surface area contributed by atoms with Crippen molar-refractivity contribution in [3.05, 3.63) is 18.2 Å². The summed E-state index contributed by atoms with van der Waals surface area (Å²) in [6.45, 7) is 9.41. The van der Waals surface area contributed by atoms with Gasteiger partial charge in [-0.1, -0.05) is 233 Å². The molecular formula is C47H93N2+. The third-order valence-electron chi connectivity index (χ3n) is 11.3. The van der Waals surface area contributed by atoms with Crippen LogP contribution in [0.4, 0.5) is 0 Å². The predicted octanol–water partition coefficient (Wildman–Crippen LogP) is 16.2. The van der Waals surface area contributed by atoms with Crippen LogP contribution in [-0.4, -0.2) is 4.57 Å². The number of hydrogen-bond donors (Lipinski definition) is 0. The van der Waals surface area contributed by atoms with Crippen LogP contribution in [0.25, 0.3) is 0 Å². The molecule has 1 aromatic heterocycles. The largest absolute Gasteiger partial charge is 0.256 e. The Morgan fingerprint density at radius 1 is 0.347 bits per heavy atom. The molecule has 0 amide bonds. The first kappa shape index (κ1) is 46.2. The van der Waals surface area contributed by atoms with Gasteiger partial charge in [0.25, 0.3) is 5.82 Å². The van der Waals surface area contributed by atoms with Crippen LogP contribution >= 0.6 is 0 Å². The van der Waals surface area contributed by atoms with E-state index >= 15 is 0 Å². The molecule has 2 heteroatoms. The van der Waals surface area contributed by atoms with Gasteiger partial charge in [0.2, 0.25) is 0 Å². The summed E-state index contributed by atoms with van der Waals surface area (Å²) in [5.74, 6) is 1.63.